The number of halogens is 1. The Kier molecular flexibility index (Phi) is 9.35. The van der Waals surface area contributed by atoms with Gasteiger partial charge in [0.25, 0.3) is 0 Å². The van der Waals surface area contributed by atoms with Crippen LogP contribution in [-0.2, 0) is 11.2 Å². The van der Waals surface area contributed by atoms with Gasteiger partial charge in [0.15, 0.2) is 0 Å². The van der Waals surface area contributed by atoms with Gasteiger partial charge >= 0.3 is 5.97 Å². The molecule has 0 bridgehead atoms. The molecule has 0 unspecified atom stereocenters. The van der Waals surface area contributed by atoms with Crippen molar-refractivity contribution in [3.63, 3.8) is 0 Å². The Bertz CT molecular complexity index is 1180. The minimum atomic E-state index is -0.818. The number of aryl methyl sites for hydroxylation is 1. The SMILES string of the molecule is COc1ccc2ncc(Cl)c([C@H](O)CCC3(CC(=O)O)CCN(CCCCc4ccncc4)CC3)c2c1. The number of aliphatic hydroxyl groups is 1. The third-order valence-corrected chi connectivity index (χ3v) is 8.03. The number of nitrogens with zero attached hydrogens (tertiary/aromatic N) is 3. The molecule has 0 aliphatic carbocycles. The number of fused-ring (bicyclic) bond motifs is 1. The highest BCUT2D eigenvalue weighted by molar-refractivity contribution is 6.32. The van der Waals surface area contributed by atoms with Gasteiger partial charge in [-0.3, -0.25) is 14.8 Å². The van der Waals surface area contributed by atoms with Crippen LogP contribution in [0.2, 0.25) is 5.02 Å². The van der Waals surface area contributed by atoms with E-state index < -0.39 is 12.1 Å². The number of aromatic nitrogens is 2. The highest BCUT2D eigenvalue weighted by atomic mass is 35.5. The number of aliphatic hydroxyl groups excluding tert-OH is 1. The lowest BCUT2D eigenvalue weighted by atomic mass is 9.71. The normalized spacial score (nSPS) is 16.5. The van der Waals surface area contributed by atoms with Crippen molar-refractivity contribution in [1.82, 2.24) is 14.9 Å². The van der Waals surface area contributed by atoms with Gasteiger partial charge in [-0.05, 0) is 106 Å². The molecular weight excluding hydrogens is 490 g/mol. The van der Waals surface area contributed by atoms with Gasteiger partial charge in [0.2, 0.25) is 0 Å². The number of pyridine rings is 2. The average molecular weight is 526 g/mol. The van der Waals surface area contributed by atoms with Crippen molar-refractivity contribution in [2.45, 2.75) is 57.5 Å². The van der Waals surface area contributed by atoms with Crippen LogP contribution in [-0.4, -0.2) is 57.8 Å². The zero-order chi connectivity index (χ0) is 26.3. The van der Waals surface area contributed by atoms with Crippen LogP contribution < -0.4 is 4.74 Å². The van der Waals surface area contributed by atoms with Gasteiger partial charge in [0.1, 0.15) is 5.75 Å². The molecule has 2 aromatic heterocycles. The molecule has 1 saturated heterocycles. The lowest BCUT2D eigenvalue weighted by Gasteiger charge is -2.41. The number of unbranched alkanes of at least 4 members (excludes halogenated alkanes) is 1. The van der Waals surface area contributed by atoms with Gasteiger partial charge < -0.3 is 19.8 Å². The van der Waals surface area contributed by atoms with Crippen LogP contribution in [0.1, 0.15) is 62.2 Å². The molecule has 0 spiro atoms. The van der Waals surface area contributed by atoms with E-state index in [0.717, 1.165) is 62.6 Å². The fourth-order valence-electron chi connectivity index (χ4n) is 5.52. The first kappa shape index (κ1) is 27.3. The zero-order valence-corrected chi connectivity index (χ0v) is 22.2. The average Bonchev–Trinajstić information content (AvgIpc) is 2.90. The summed E-state index contributed by atoms with van der Waals surface area (Å²) in [7, 11) is 1.60. The fraction of sp³-hybridized carbons (Fsp3) is 0.483. The molecule has 37 heavy (non-hydrogen) atoms. The van der Waals surface area contributed by atoms with Gasteiger partial charge in [0.05, 0.1) is 30.2 Å². The summed E-state index contributed by atoms with van der Waals surface area (Å²) >= 11 is 6.49. The van der Waals surface area contributed by atoms with Crippen LogP contribution in [0.25, 0.3) is 10.9 Å². The number of hydrogen-bond donors (Lipinski definition) is 2. The Labute approximate surface area is 223 Å². The van der Waals surface area contributed by atoms with Crippen molar-refractivity contribution in [3.05, 3.63) is 65.1 Å². The topological polar surface area (TPSA) is 95.8 Å². The second-order valence-electron chi connectivity index (χ2n) is 10.2. The molecule has 1 fully saturated rings. The molecule has 0 amide bonds. The quantitative estimate of drug-likeness (QED) is 0.293. The van der Waals surface area contributed by atoms with Crippen molar-refractivity contribution in [1.29, 1.82) is 0 Å². The minimum Gasteiger partial charge on any atom is -0.497 e. The maximum Gasteiger partial charge on any atom is 0.303 e. The number of aliphatic carboxylic acids is 1. The number of hydrogen-bond acceptors (Lipinski definition) is 6. The van der Waals surface area contributed by atoms with Crippen molar-refractivity contribution < 1.29 is 19.7 Å². The minimum absolute atomic E-state index is 0.119. The maximum atomic E-state index is 11.8. The number of rotatable bonds is 12. The van der Waals surface area contributed by atoms with Crippen LogP contribution >= 0.6 is 11.6 Å². The largest absolute Gasteiger partial charge is 0.497 e. The Morgan fingerprint density at radius 3 is 2.65 bits per heavy atom. The number of carboxylic acids is 1. The van der Waals surface area contributed by atoms with Crippen LogP contribution in [0, 0.1) is 5.41 Å². The molecule has 3 aromatic rings. The van der Waals surface area contributed by atoms with E-state index in [4.69, 9.17) is 16.3 Å². The maximum absolute atomic E-state index is 11.8. The van der Waals surface area contributed by atoms with Crippen molar-refractivity contribution in [2.24, 2.45) is 5.41 Å². The number of carboxylic acid groups (broad SMARTS) is 1. The van der Waals surface area contributed by atoms with E-state index >= 15 is 0 Å². The van der Waals surface area contributed by atoms with Crippen LogP contribution in [0.3, 0.4) is 0 Å². The first-order valence-corrected chi connectivity index (χ1v) is 13.4. The second kappa shape index (κ2) is 12.7. The molecule has 4 rings (SSSR count). The molecule has 3 heterocycles. The summed E-state index contributed by atoms with van der Waals surface area (Å²) in [5.74, 6) is -0.113. The lowest BCUT2D eigenvalue weighted by molar-refractivity contribution is -0.141. The number of carbonyl (C=O) groups is 1. The standard InChI is InChI=1S/C29H36ClN3O4/c1-37-22-5-6-25-23(18-22)28(24(30)20-32-25)26(34)7-10-29(19-27(35)36)11-16-33(17-12-29)15-3-2-4-21-8-13-31-14-9-21/h5-6,8-9,13-14,18,20,26,34H,2-4,7,10-12,15-17,19H2,1H3,(H,35,36)/t26-/m1/s1. The first-order chi connectivity index (χ1) is 17.9. The third-order valence-electron chi connectivity index (χ3n) is 7.73. The lowest BCUT2D eigenvalue weighted by Crippen LogP contribution is -2.41. The van der Waals surface area contributed by atoms with Gasteiger partial charge in [0, 0.05) is 29.5 Å². The number of benzene rings is 1. The van der Waals surface area contributed by atoms with Crippen molar-refractivity contribution in [3.8, 4) is 5.75 Å². The van der Waals surface area contributed by atoms with Crippen molar-refractivity contribution in [2.75, 3.05) is 26.7 Å². The molecule has 8 heteroatoms. The zero-order valence-electron chi connectivity index (χ0n) is 21.4. The smallest absolute Gasteiger partial charge is 0.303 e. The fourth-order valence-corrected chi connectivity index (χ4v) is 5.80. The van der Waals surface area contributed by atoms with E-state index in [9.17, 15) is 15.0 Å². The van der Waals surface area contributed by atoms with Crippen LogP contribution in [0.4, 0.5) is 0 Å². The Morgan fingerprint density at radius 1 is 1.19 bits per heavy atom. The van der Waals surface area contributed by atoms with E-state index in [-0.39, 0.29) is 11.8 Å². The molecule has 2 N–H and O–H groups in total. The van der Waals surface area contributed by atoms with E-state index in [1.165, 1.54) is 5.56 Å². The summed E-state index contributed by atoms with van der Waals surface area (Å²) in [4.78, 5) is 22.7. The van der Waals surface area contributed by atoms with E-state index in [0.29, 0.717) is 29.2 Å². The molecule has 1 aliphatic rings. The predicted molar refractivity (Wildman–Crippen MR) is 145 cm³/mol. The number of piperidine rings is 1. The second-order valence-corrected chi connectivity index (χ2v) is 10.6. The van der Waals surface area contributed by atoms with E-state index in [2.05, 4.69) is 27.0 Å². The van der Waals surface area contributed by atoms with Gasteiger partial charge in [-0.15, -0.1) is 0 Å². The van der Waals surface area contributed by atoms with Crippen molar-refractivity contribution >= 4 is 28.5 Å². The van der Waals surface area contributed by atoms with Crippen LogP contribution in [0.5, 0.6) is 5.75 Å². The predicted octanol–water partition coefficient (Wildman–Crippen LogP) is 5.69. The summed E-state index contributed by atoms with van der Waals surface area (Å²) in [6.07, 6.45) is 10.5. The van der Waals surface area contributed by atoms with Gasteiger partial charge in [-0.25, -0.2) is 0 Å². The summed E-state index contributed by atoms with van der Waals surface area (Å²) < 4.78 is 5.35. The number of ether oxygens (including phenoxy) is 1. The molecule has 7 nitrogen and oxygen atoms in total. The highest BCUT2D eigenvalue weighted by Gasteiger charge is 2.37. The molecule has 1 atom stereocenters. The Balaban J connectivity index is 1.35. The molecular formula is C29H36ClN3O4. The molecule has 0 radical (unpaired) electrons. The van der Waals surface area contributed by atoms with E-state index in [1.807, 2.05) is 30.6 Å². The third kappa shape index (κ3) is 7.18. The first-order valence-electron chi connectivity index (χ1n) is 13.0. The molecule has 1 aromatic carbocycles. The Morgan fingerprint density at radius 2 is 1.95 bits per heavy atom. The number of likely N-dealkylation sites (tertiary alicyclic amines) is 1. The monoisotopic (exact) mass is 525 g/mol. The number of methoxy groups -OCH3 is 1. The summed E-state index contributed by atoms with van der Waals surface area (Å²) in [6, 6.07) is 9.64. The van der Waals surface area contributed by atoms with Gasteiger partial charge in [-0.1, -0.05) is 11.6 Å². The van der Waals surface area contributed by atoms with E-state index in [1.54, 1.807) is 13.3 Å². The Hall–Kier alpha value is -2.74. The molecule has 1 aliphatic heterocycles. The summed E-state index contributed by atoms with van der Waals surface area (Å²) in [5, 5.41) is 22.1. The van der Waals surface area contributed by atoms with Gasteiger partial charge in [-0.2, -0.15) is 0 Å². The highest BCUT2D eigenvalue weighted by Crippen LogP contribution is 2.43. The summed E-state index contributed by atoms with van der Waals surface area (Å²) in [6.45, 7) is 2.79. The molecule has 0 saturated carbocycles. The molecule has 198 valence electrons. The summed E-state index contributed by atoms with van der Waals surface area (Å²) in [5.41, 5.74) is 2.35. The van der Waals surface area contributed by atoms with Crippen LogP contribution in [0.15, 0.2) is 48.9 Å².